The first-order valence-electron chi connectivity index (χ1n) is 5.50. The van der Waals surface area contributed by atoms with Crippen LogP contribution in [0.3, 0.4) is 0 Å². The number of nitrogen functional groups attached to an aromatic ring is 1. The summed E-state index contributed by atoms with van der Waals surface area (Å²) < 4.78 is 0. The van der Waals surface area contributed by atoms with Crippen molar-refractivity contribution in [3.05, 3.63) is 23.8 Å². The highest BCUT2D eigenvalue weighted by molar-refractivity contribution is 7.99. The van der Waals surface area contributed by atoms with Crippen molar-refractivity contribution in [2.45, 2.75) is 6.42 Å². The van der Waals surface area contributed by atoms with E-state index in [0.29, 0.717) is 11.3 Å². The van der Waals surface area contributed by atoms with Crippen LogP contribution in [0.2, 0.25) is 0 Å². The van der Waals surface area contributed by atoms with Crippen LogP contribution in [0.5, 0.6) is 0 Å². The Balaban J connectivity index is 2.34. The van der Waals surface area contributed by atoms with Crippen LogP contribution in [-0.4, -0.2) is 29.8 Å². The Hall–Kier alpha value is -1.38. The molecule has 0 aliphatic carbocycles. The van der Waals surface area contributed by atoms with E-state index in [-0.39, 0.29) is 6.61 Å². The van der Waals surface area contributed by atoms with Gasteiger partial charge in [-0.3, -0.25) is 0 Å². The van der Waals surface area contributed by atoms with Crippen molar-refractivity contribution in [3.8, 4) is 6.07 Å². The first kappa shape index (κ1) is 13.7. The second-order valence-electron chi connectivity index (χ2n) is 3.53. The molecule has 4 nitrogen and oxygen atoms in total. The molecule has 0 radical (unpaired) electrons. The van der Waals surface area contributed by atoms with E-state index < -0.39 is 0 Å². The molecule has 0 amide bonds. The summed E-state index contributed by atoms with van der Waals surface area (Å²) in [6, 6.07) is 7.39. The number of nitrogens with two attached hydrogens (primary N) is 1. The zero-order chi connectivity index (χ0) is 12.5. The Morgan fingerprint density at radius 3 is 2.94 bits per heavy atom. The number of rotatable bonds is 7. The fraction of sp³-hybridized carbons (Fsp3) is 0.417. The van der Waals surface area contributed by atoms with Gasteiger partial charge in [0.1, 0.15) is 6.07 Å². The van der Waals surface area contributed by atoms with Gasteiger partial charge in [0.2, 0.25) is 0 Å². The number of nitrogens with zero attached hydrogens (tertiary/aromatic N) is 1. The zero-order valence-corrected chi connectivity index (χ0v) is 10.5. The minimum absolute atomic E-state index is 0.247. The van der Waals surface area contributed by atoms with Gasteiger partial charge in [0, 0.05) is 24.6 Å². The minimum Gasteiger partial charge on any atom is -0.399 e. The Morgan fingerprint density at radius 2 is 2.24 bits per heavy atom. The van der Waals surface area contributed by atoms with Crippen molar-refractivity contribution in [2.75, 3.05) is 35.7 Å². The van der Waals surface area contributed by atoms with Gasteiger partial charge in [0.05, 0.1) is 11.3 Å². The molecule has 0 bridgehead atoms. The summed E-state index contributed by atoms with van der Waals surface area (Å²) in [6.07, 6.45) is 0.829. The summed E-state index contributed by atoms with van der Waals surface area (Å²) in [5.41, 5.74) is 7.61. The van der Waals surface area contributed by atoms with Crippen LogP contribution < -0.4 is 11.1 Å². The maximum absolute atomic E-state index is 8.94. The highest BCUT2D eigenvalue weighted by Gasteiger charge is 2.01. The van der Waals surface area contributed by atoms with Crippen molar-refractivity contribution in [3.63, 3.8) is 0 Å². The number of hydrogen-bond donors (Lipinski definition) is 3. The molecule has 92 valence electrons. The molecule has 1 aromatic carbocycles. The first-order chi connectivity index (χ1) is 8.27. The second kappa shape index (κ2) is 7.82. The lowest BCUT2D eigenvalue weighted by Gasteiger charge is -2.08. The van der Waals surface area contributed by atoms with Gasteiger partial charge in [0.25, 0.3) is 0 Å². The van der Waals surface area contributed by atoms with Crippen LogP contribution in [0, 0.1) is 11.3 Å². The van der Waals surface area contributed by atoms with Crippen LogP contribution in [0.15, 0.2) is 18.2 Å². The molecule has 0 fully saturated rings. The first-order valence-corrected chi connectivity index (χ1v) is 6.65. The van der Waals surface area contributed by atoms with Gasteiger partial charge < -0.3 is 16.2 Å². The van der Waals surface area contributed by atoms with E-state index in [9.17, 15) is 0 Å². The monoisotopic (exact) mass is 251 g/mol. The van der Waals surface area contributed by atoms with Crippen molar-refractivity contribution < 1.29 is 5.11 Å². The number of nitriles is 1. The summed E-state index contributed by atoms with van der Waals surface area (Å²) in [6.45, 7) is 1.05. The molecule has 4 N–H and O–H groups in total. The van der Waals surface area contributed by atoms with Crippen molar-refractivity contribution >= 4 is 23.1 Å². The molecule has 5 heteroatoms. The number of anilines is 2. The van der Waals surface area contributed by atoms with Crippen LogP contribution in [0.4, 0.5) is 11.4 Å². The largest absolute Gasteiger partial charge is 0.399 e. The lowest BCUT2D eigenvalue weighted by Crippen LogP contribution is -2.06. The molecule has 0 unspecified atom stereocenters. The summed E-state index contributed by atoms with van der Waals surface area (Å²) in [5, 5.41) is 20.8. The lowest BCUT2D eigenvalue weighted by atomic mass is 10.2. The molecule has 1 rings (SSSR count). The van der Waals surface area contributed by atoms with Gasteiger partial charge in [0.15, 0.2) is 0 Å². The highest BCUT2D eigenvalue weighted by Crippen LogP contribution is 2.17. The van der Waals surface area contributed by atoms with Crippen LogP contribution in [0.25, 0.3) is 0 Å². The Bertz CT molecular complexity index is 390. The molecule has 0 atom stereocenters. The third-order valence-electron chi connectivity index (χ3n) is 2.17. The fourth-order valence-corrected chi connectivity index (χ4v) is 2.12. The van der Waals surface area contributed by atoms with Crippen LogP contribution in [0.1, 0.15) is 12.0 Å². The SMILES string of the molecule is N#Cc1cc(N)ccc1NCCSCCCO. The van der Waals surface area contributed by atoms with Crippen LogP contribution in [-0.2, 0) is 0 Å². The van der Waals surface area contributed by atoms with Crippen molar-refractivity contribution in [1.29, 1.82) is 5.26 Å². The topological polar surface area (TPSA) is 82.1 Å². The lowest BCUT2D eigenvalue weighted by molar-refractivity contribution is 0.296. The van der Waals surface area contributed by atoms with Gasteiger partial charge in [-0.05, 0) is 30.4 Å². The van der Waals surface area contributed by atoms with Gasteiger partial charge >= 0.3 is 0 Å². The summed E-state index contributed by atoms with van der Waals surface area (Å²) >= 11 is 1.78. The molecule has 0 aromatic heterocycles. The van der Waals surface area contributed by atoms with Crippen LogP contribution >= 0.6 is 11.8 Å². The van der Waals surface area contributed by atoms with E-state index in [2.05, 4.69) is 11.4 Å². The third-order valence-corrected chi connectivity index (χ3v) is 3.24. The van der Waals surface area contributed by atoms with E-state index in [1.165, 1.54) is 0 Å². The van der Waals surface area contributed by atoms with Gasteiger partial charge in [-0.1, -0.05) is 0 Å². The normalized spacial score (nSPS) is 9.88. The average Bonchev–Trinajstić information content (AvgIpc) is 2.35. The molecular weight excluding hydrogens is 234 g/mol. The quantitative estimate of drug-likeness (QED) is 0.507. The zero-order valence-electron chi connectivity index (χ0n) is 9.65. The molecule has 1 aromatic rings. The molecule has 0 spiro atoms. The highest BCUT2D eigenvalue weighted by atomic mass is 32.2. The molecule has 0 aliphatic heterocycles. The maximum Gasteiger partial charge on any atom is 0.101 e. The van der Waals surface area contributed by atoms with E-state index in [1.54, 1.807) is 23.9 Å². The minimum atomic E-state index is 0.247. The molecule has 0 saturated heterocycles. The Labute approximate surface area is 106 Å². The molecule has 0 heterocycles. The van der Waals surface area contributed by atoms with Gasteiger partial charge in [-0.2, -0.15) is 17.0 Å². The predicted octanol–water partition coefficient (Wildman–Crippen LogP) is 1.67. The van der Waals surface area contributed by atoms with E-state index in [4.69, 9.17) is 16.1 Å². The average molecular weight is 251 g/mol. The van der Waals surface area contributed by atoms with Gasteiger partial charge in [-0.15, -0.1) is 0 Å². The maximum atomic E-state index is 8.94. The van der Waals surface area contributed by atoms with Gasteiger partial charge in [-0.25, -0.2) is 0 Å². The predicted molar refractivity (Wildman–Crippen MR) is 73.1 cm³/mol. The summed E-state index contributed by atoms with van der Waals surface area (Å²) in [4.78, 5) is 0. The van der Waals surface area contributed by atoms with E-state index in [1.807, 2.05) is 6.07 Å². The van der Waals surface area contributed by atoms with Crippen molar-refractivity contribution in [1.82, 2.24) is 0 Å². The Kier molecular flexibility index (Phi) is 6.30. The molecular formula is C12H17N3OS. The van der Waals surface area contributed by atoms with E-state index in [0.717, 1.165) is 30.2 Å². The number of hydrogen-bond acceptors (Lipinski definition) is 5. The summed E-state index contributed by atoms with van der Waals surface area (Å²) in [7, 11) is 0. The molecule has 0 aliphatic rings. The number of benzene rings is 1. The molecule has 17 heavy (non-hydrogen) atoms. The number of nitrogens with one attached hydrogen (secondary N) is 1. The third kappa shape index (κ3) is 4.98. The Morgan fingerprint density at radius 1 is 1.41 bits per heavy atom. The smallest absolute Gasteiger partial charge is 0.101 e. The molecule has 0 saturated carbocycles. The standard InChI is InChI=1S/C12H17N3OS/c13-9-10-8-11(14)2-3-12(10)15-4-7-17-6-1-5-16/h2-3,8,15-16H,1,4-7,14H2. The summed E-state index contributed by atoms with van der Waals surface area (Å²) in [5.74, 6) is 1.92. The van der Waals surface area contributed by atoms with E-state index >= 15 is 0 Å². The number of aliphatic hydroxyl groups excluding tert-OH is 1. The number of thioether (sulfide) groups is 1. The second-order valence-corrected chi connectivity index (χ2v) is 4.76. The van der Waals surface area contributed by atoms with Crippen molar-refractivity contribution in [2.24, 2.45) is 0 Å². The fourth-order valence-electron chi connectivity index (χ4n) is 1.34. The number of aliphatic hydroxyl groups is 1.